The molecule has 1 heterocycles. The smallest absolute Gasteiger partial charge is 0.308 e. The van der Waals surface area contributed by atoms with Crippen molar-refractivity contribution in [2.45, 2.75) is 82.5 Å². The molecule has 1 saturated carbocycles. The van der Waals surface area contributed by atoms with Gasteiger partial charge in [-0.05, 0) is 59.2 Å². The molecule has 7 rings (SSSR count). The number of benzene rings is 4. The second kappa shape index (κ2) is 16.7. The Hall–Kier alpha value is -5.58. The maximum absolute atomic E-state index is 14.9. The van der Waals surface area contributed by atoms with Crippen molar-refractivity contribution in [1.29, 1.82) is 0 Å². The van der Waals surface area contributed by atoms with E-state index in [0.717, 1.165) is 19.8 Å². The highest BCUT2D eigenvalue weighted by Gasteiger charge is 2.49. The molecule has 9 N–H and O–H groups in total. The van der Waals surface area contributed by atoms with Crippen molar-refractivity contribution in [3.05, 3.63) is 122 Å². The minimum absolute atomic E-state index is 0.0504. The van der Waals surface area contributed by atoms with Crippen molar-refractivity contribution in [2.24, 2.45) is 17.4 Å². The minimum Gasteiger partial charge on any atom is -0.507 e. The Labute approximate surface area is 333 Å². The lowest BCUT2D eigenvalue weighted by Crippen LogP contribution is -2.60. The molecule has 14 nitrogen and oxygen atoms in total. The largest absolute Gasteiger partial charge is 0.507 e. The average Bonchev–Trinajstić information content (AvgIpc) is 3.75. The molecule has 302 valence electrons. The third-order valence-corrected chi connectivity index (χ3v) is 11.2. The van der Waals surface area contributed by atoms with E-state index in [0.29, 0.717) is 35.8 Å². The number of aliphatic hydroxyl groups is 4. The van der Waals surface area contributed by atoms with Crippen LogP contribution in [-0.4, -0.2) is 80.1 Å². The molecule has 0 amide bonds. The molecule has 58 heavy (non-hydrogen) atoms. The molecule has 0 aromatic heterocycles. The lowest BCUT2D eigenvalue weighted by molar-refractivity contribution is -0.282. The number of hydrogen-bond donors (Lipinski definition) is 7. The third-order valence-electron chi connectivity index (χ3n) is 11.2. The quantitative estimate of drug-likeness (QED) is 0.0333. The van der Waals surface area contributed by atoms with Crippen molar-refractivity contribution in [1.82, 2.24) is 0 Å². The van der Waals surface area contributed by atoms with Gasteiger partial charge in [-0.2, -0.15) is 0 Å². The number of nitrogens with two attached hydrogens (primary N) is 2. The predicted octanol–water partition coefficient (Wildman–Crippen LogP) is 3.45. The highest BCUT2D eigenvalue weighted by molar-refractivity contribution is 6.31. The topological polar surface area (TPSA) is 249 Å². The molecule has 0 radical (unpaired) electrons. The zero-order valence-corrected chi connectivity index (χ0v) is 31.5. The molecule has 1 aliphatic heterocycles. The Bertz CT molecular complexity index is 2300. The summed E-state index contributed by atoms with van der Waals surface area (Å²) < 4.78 is 17.9. The van der Waals surface area contributed by atoms with Gasteiger partial charge in [0.1, 0.15) is 35.6 Å². The summed E-state index contributed by atoms with van der Waals surface area (Å²) in [6.07, 6.45) is -1.92. The first-order valence-corrected chi connectivity index (χ1v) is 19.0. The fraction of sp³-hybridized carbons (Fsp3) is 0.318. The molecule has 2 fully saturated rings. The Morgan fingerprint density at radius 3 is 2.24 bits per heavy atom. The molecule has 5 atom stereocenters. The average molecular weight is 793 g/mol. The normalized spacial score (nSPS) is 22.0. The maximum atomic E-state index is 14.9. The van der Waals surface area contributed by atoms with Crippen LogP contribution in [0.15, 0.2) is 60.7 Å². The molecular weight excluding hydrogens is 748 g/mol. The Morgan fingerprint density at radius 1 is 0.862 bits per heavy atom. The molecule has 4 aromatic carbocycles. The second-order valence-corrected chi connectivity index (χ2v) is 14.8. The van der Waals surface area contributed by atoms with Crippen LogP contribution in [0.5, 0.6) is 17.2 Å². The second-order valence-electron chi connectivity index (χ2n) is 14.8. The first-order chi connectivity index (χ1) is 27.8. The number of fused-ring (bicyclic) bond motifs is 2. The number of carbonyl (C=O) groups is 4. The van der Waals surface area contributed by atoms with Crippen molar-refractivity contribution in [2.75, 3.05) is 0 Å². The molecular formula is C44H44N2O12. The van der Waals surface area contributed by atoms with E-state index in [4.69, 9.17) is 25.7 Å². The van der Waals surface area contributed by atoms with E-state index >= 15 is 0 Å². The lowest BCUT2D eigenvalue weighted by Gasteiger charge is -2.42. The molecule has 2 aliphatic carbocycles. The molecule has 3 aliphatic rings. The van der Waals surface area contributed by atoms with Crippen molar-refractivity contribution in [3.63, 3.8) is 0 Å². The van der Waals surface area contributed by atoms with Gasteiger partial charge in [0.25, 0.3) is 0 Å². The fourth-order valence-corrected chi connectivity index (χ4v) is 8.31. The zero-order valence-electron chi connectivity index (χ0n) is 31.5. The Kier molecular flexibility index (Phi) is 11.7. The van der Waals surface area contributed by atoms with E-state index in [-0.39, 0.29) is 62.8 Å². The van der Waals surface area contributed by atoms with E-state index in [1.807, 2.05) is 6.07 Å². The summed E-state index contributed by atoms with van der Waals surface area (Å²) in [4.78, 5) is 54.3. The standard InChI is InChI=1S/C44H44N2O12/c1-21(49)56-31-17-25(19-47)33-34(27(31)15-14-22-8-3-2-4-9-22)37(51)29-18-32(57-44-41(55)39(53)40(54)42(58-44)23-10-5-6-11-23)28(36(50)35(29)38(33)52)16-24-12-7-13-26(43(45)46)30(24)20-48/h2-4,7-9,12-15,17-18,20,23,39-44,47,50,53-55H,5-6,10-11,16,19,45-46H2,1H3. The minimum atomic E-state index is -1.80. The highest BCUT2D eigenvalue weighted by Crippen LogP contribution is 2.46. The van der Waals surface area contributed by atoms with E-state index in [9.17, 15) is 44.7 Å². The van der Waals surface area contributed by atoms with Gasteiger partial charge in [0.15, 0.2) is 17.9 Å². The van der Waals surface area contributed by atoms with Crippen LogP contribution >= 0.6 is 0 Å². The SMILES string of the molecule is CC(=O)Oc1cc(CO)c2c(c1C=Cc1ccccc1)C(=O)c1cc(OC3OC(C4CCCC4)C(O)C(O)C3O)c(Cc3cccc(C(N)N)c3C=O)c(O)c1C2=O. The number of phenols is 1. The molecule has 4 aromatic rings. The van der Waals surface area contributed by atoms with Gasteiger partial charge >= 0.3 is 5.97 Å². The molecule has 1 saturated heterocycles. The molecule has 0 spiro atoms. The van der Waals surface area contributed by atoms with E-state index in [1.54, 1.807) is 48.5 Å². The van der Waals surface area contributed by atoms with Gasteiger partial charge in [-0.3, -0.25) is 19.2 Å². The van der Waals surface area contributed by atoms with Crippen LogP contribution in [-0.2, 0) is 22.6 Å². The number of aliphatic hydroxyl groups excluding tert-OH is 4. The van der Waals surface area contributed by atoms with E-state index in [1.165, 1.54) is 18.2 Å². The number of ether oxygens (including phenoxy) is 3. The summed E-state index contributed by atoms with van der Waals surface area (Å²) in [7, 11) is 0. The van der Waals surface area contributed by atoms with Crippen LogP contribution in [0.3, 0.4) is 0 Å². The van der Waals surface area contributed by atoms with Gasteiger partial charge in [0.2, 0.25) is 6.29 Å². The number of aldehydes is 1. The van der Waals surface area contributed by atoms with Gasteiger partial charge in [-0.1, -0.05) is 67.4 Å². The van der Waals surface area contributed by atoms with Crippen LogP contribution in [0, 0.1) is 5.92 Å². The number of esters is 1. The molecule has 5 unspecified atom stereocenters. The maximum Gasteiger partial charge on any atom is 0.308 e. The van der Waals surface area contributed by atoms with Crippen molar-refractivity contribution < 1.29 is 58.9 Å². The van der Waals surface area contributed by atoms with Gasteiger partial charge in [0.05, 0.1) is 24.4 Å². The number of hydrogen-bond acceptors (Lipinski definition) is 14. The van der Waals surface area contributed by atoms with Crippen LogP contribution in [0.2, 0.25) is 0 Å². The van der Waals surface area contributed by atoms with Gasteiger partial charge in [0, 0.05) is 46.7 Å². The van der Waals surface area contributed by atoms with Crippen LogP contribution in [0.1, 0.15) is 114 Å². The van der Waals surface area contributed by atoms with Crippen LogP contribution in [0.4, 0.5) is 0 Å². The number of ketones is 2. The zero-order chi connectivity index (χ0) is 41.4. The highest BCUT2D eigenvalue weighted by atomic mass is 16.7. The summed E-state index contributed by atoms with van der Waals surface area (Å²) in [5, 5.41) is 55.8. The summed E-state index contributed by atoms with van der Waals surface area (Å²) in [6.45, 7) is 0.417. The fourth-order valence-electron chi connectivity index (χ4n) is 8.31. The summed E-state index contributed by atoms with van der Waals surface area (Å²) in [6, 6.07) is 16.2. The van der Waals surface area contributed by atoms with E-state index in [2.05, 4.69) is 0 Å². The number of aromatic hydroxyl groups is 1. The van der Waals surface area contributed by atoms with Gasteiger partial charge < -0.3 is 51.2 Å². The summed E-state index contributed by atoms with van der Waals surface area (Å²) in [5.74, 6) is -3.58. The van der Waals surface area contributed by atoms with Gasteiger partial charge in [-0.25, -0.2) is 0 Å². The predicted molar refractivity (Wildman–Crippen MR) is 209 cm³/mol. The van der Waals surface area contributed by atoms with Gasteiger partial charge in [-0.15, -0.1) is 0 Å². The summed E-state index contributed by atoms with van der Waals surface area (Å²) >= 11 is 0. The first kappa shape index (κ1) is 40.6. The lowest BCUT2D eigenvalue weighted by atomic mass is 9.77. The van der Waals surface area contributed by atoms with Crippen LogP contribution in [0.25, 0.3) is 12.2 Å². The Morgan fingerprint density at radius 2 is 1.59 bits per heavy atom. The Balaban J connectivity index is 1.43. The number of phenolic OH excluding ortho intramolecular Hbond substituents is 1. The summed E-state index contributed by atoms with van der Waals surface area (Å²) in [5.41, 5.74) is 12.0. The van der Waals surface area contributed by atoms with Crippen molar-refractivity contribution >= 4 is 36.0 Å². The number of rotatable bonds is 11. The van der Waals surface area contributed by atoms with Crippen LogP contribution < -0.4 is 20.9 Å². The first-order valence-electron chi connectivity index (χ1n) is 19.0. The van der Waals surface area contributed by atoms with E-state index < -0.39 is 72.3 Å². The molecule has 14 heteroatoms. The van der Waals surface area contributed by atoms with Crippen molar-refractivity contribution in [3.8, 4) is 17.2 Å². The third kappa shape index (κ3) is 7.47. The monoisotopic (exact) mass is 792 g/mol. The molecule has 0 bridgehead atoms. The number of carbonyl (C=O) groups excluding carboxylic acids is 4.